The number of allylic oxidation sites excluding steroid dienone is 1. The van der Waals surface area contributed by atoms with E-state index in [4.69, 9.17) is 4.42 Å². The second-order valence-electron chi connectivity index (χ2n) is 7.76. The molecule has 2 aromatic heterocycles. The molecule has 3 heterocycles. The molecule has 0 saturated heterocycles. The Kier molecular flexibility index (Phi) is 6.17. The van der Waals surface area contributed by atoms with Crippen LogP contribution >= 0.6 is 11.3 Å². The number of nitrogens with zero attached hydrogens (tertiary/aromatic N) is 1. The van der Waals surface area contributed by atoms with Gasteiger partial charge in [-0.1, -0.05) is 12.1 Å². The summed E-state index contributed by atoms with van der Waals surface area (Å²) in [4.78, 5) is 25.0. The van der Waals surface area contributed by atoms with Crippen molar-refractivity contribution in [1.29, 1.82) is 0 Å². The van der Waals surface area contributed by atoms with Gasteiger partial charge in [0.1, 0.15) is 10.7 Å². The van der Waals surface area contributed by atoms with Crippen LogP contribution in [0.5, 0.6) is 0 Å². The molecule has 0 bridgehead atoms. The number of nitrogens with one attached hydrogen (secondary N) is 2. The highest BCUT2D eigenvalue weighted by atomic mass is 32.2. The number of ketones is 1. The molecule has 2 aromatic carbocycles. The molecular weight excluding hydrogens is 505 g/mol. The van der Waals surface area contributed by atoms with E-state index in [0.717, 1.165) is 21.8 Å². The van der Waals surface area contributed by atoms with Gasteiger partial charge >= 0.3 is 0 Å². The summed E-state index contributed by atoms with van der Waals surface area (Å²) >= 11 is 1.15. The van der Waals surface area contributed by atoms with Gasteiger partial charge < -0.3 is 15.1 Å². The summed E-state index contributed by atoms with van der Waals surface area (Å²) in [6.45, 7) is -0.0545. The van der Waals surface area contributed by atoms with Gasteiger partial charge in [-0.3, -0.25) is 13.9 Å². The predicted octanol–water partition coefficient (Wildman–Crippen LogP) is 5.22. The fourth-order valence-corrected chi connectivity index (χ4v) is 6.09. The van der Waals surface area contributed by atoms with Gasteiger partial charge in [-0.2, -0.15) is 0 Å². The fraction of sp³-hybridized carbons (Fsp3) is 0.0400. The molecule has 36 heavy (non-hydrogen) atoms. The van der Waals surface area contributed by atoms with Crippen molar-refractivity contribution in [2.75, 3.05) is 14.9 Å². The lowest BCUT2D eigenvalue weighted by Crippen LogP contribution is -2.38. The molecule has 0 aliphatic carbocycles. The quantitative estimate of drug-likeness (QED) is 0.336. The smallest absolute Gasteiger partial charge is 0.291 e. The summed E-state index contributed by atoms with van der Waals surface area (Å²) in [5.74, 6) is -1.27. The minimum atomic E-state index is -4.20. The topological polar surface area (TPSA) is 109 Å². The second kappa shape index (κ2) is 9.44. The summed E-state index contributed by atoms with van der Waals surface area (Å²) in [6.07, 6.45) is 2.56. The van der Waals surface area contributed by atoms with Gasteiger partial charge in [0.2, 0.25) is 5.78 Å². The van der Waals surface area contributed by atoms with Crippen LogP contribution in [0.2, 0.25) is 0 Å². The molecule has 0 fully saturated rings. The van der Waals surface area contributed by atoms with Gasteiger partial charge in [0.15, 0.2) is 10.7 Å². The van der Waals surface area contributed by atoms with Crippen LogP contribution in [0, 0.1) is 5.82 Å². The summed E-state index contributed by atoms with van der Waals surface area (Å²) in [6, 6.07) is 16.7. The van der Waals surface area contributed by atoms with Gasteiger partial charge in [0.05, 0.1) is 18.5 Å². The molecule has 11 heteroatoms. The number of fused-ring (bicyclic) bond motifs is 1. The second-order valence-corrected chi connectivity index (χ2v) is 10.5. The first kappa shape index (κ1) is 23.5. The van der Waals surface area contributed by atoms with Gasteiger partial charge in [-0.15, -0.1) is 11.3 Å². The van der Waals surface area contributed by atoms with Crippen LogP contribution in [0.15, 0.2) is 93.9 Å². The number of hydrogen-bond donors (Lipinski definition) is 2. The van der Waals surface area contributed by atoms with E-state index in [-0.39, 0.29) is 12.3 Å². The number of carbonyl (C=O) groups excluding carboxylic acids is 2. The number of thiophene rings is 1. The summed E-state index contributed by atoms with van der Waals surface area (Å²) < 4.78 is 46.4. The lowest BCUT2D eigenvalue weighted by molar-refractivity contribution is 0.0995. The molecule has 0 unspecified atom stereocenters. The highest BCUT2D eigenvalue weighted by Crippen LogP contribution is 2.39. The van der Waals surface area contributed by atoms with E-state index in [9.17, 15) is 22.4 Å². The number of furan rings is 1. The minimum absolute atomic E-state index is 0.0545. The number of rotatable bonds is 6. The summed E-state index contributed by atoms with van der Waals surface area (Å²) in [5, 5.41) is 7.20. The van der Waals surface area contributed by atoms with Gasteiger partial charge in [0, 0.05) is 17.6 Å². The highest BCUT2D eigenvalue weighted by molar-refractivity contribution is 7.97. The number of hydrogen-bond acceptors (Lipinski definition) is 7. The Balaban J connectivity index is 1.38. The van der Waals surface area contributed by atoms with E-state index in [2.05, 4.69) is 10.6 Å². The first-order chi connectivity index (χ1) is 17.3. The number of benzene rings is 2. The Morgan fingerprint density at radius 1 is 1.03 bits per heavy atom. The van der Waals surface area contributed by atoms with Crippen molar-refractivity contribution in [1.82, 2.24) is 0 Å². The zero-order chi connectivity index (χ0) is 25.3. The maximum Gasteiger partial charge on any atom is 0.291 e. The molecule has 0 radical (unpaired) electrons. The Labute approximate surface area is 209 Å². The van der Waals surface area contributed by atoms with E-state index in [1.165, 1.54) is 36.6 Å². The number of amides is 1. The van der Waals surface area contributed by atoms with Crippen molar-refractivity contribution < 1.29 is 26.8 Å². The van der Waals surface area contributed by atoms with Crippen molar-refractivity contribution >= 4 is 50.1 Å². The molecule has 1 aliphatic heterocycles. The zero-order valence-electron chi connectivity index (χ0n) is 18.5. The van der Waals surface area contributed by atoms with Crippen molar-refractivity contribution in [3.8, 4) is 0 Å². The van der Waals surface area contributed by atoms with Crippen molar-refractivity contribution in [3.05, 3.63) is 111 Å². The third kappa shape index (κ3) is 4.53. The average molecular weight is 524 g/mol. The van der Waals surface area contributed by atoms with Gasteiger partial charge in [-0.25, -0.2) is 12.8 Å². The molecule has 182 valence electrons. The van der Waals surface area contributed by atoms with Crippen molar-refractivity contribution in [2.45, 2.75) is 6.54 Å². The molecule has 0 atom stereocenters. The lowest BCUT2D eigenvalue weighted by atomic mass is 10.2. The molecule has 5 rings (SSSR count). The SMILES string of the molecule is O=C(Nc1ccc(N/C=C2/C(=O)c3sccc3N(Cc3ccc(F)cc3)S2(=O)=O)cc1)c1ccco1. The summed E-state index contributed by atoms with van der Waals surface area (Å²) in [7, 11) is -4.20. The Bertz CT molecular complexity index is 1560. The lowest BCUT2D eigenvalue weighted by Gasteiger charge is -2.29. The monoisotopic (exact) mass is 523 g/mol. The van der Waals surface area contributed by atoms with Crippen LogP contribution in [-0.2, 0) is 16.6 Å². The molecule has 2 N–H and O–H groups in total. The van der Waals surface area contributed by atoms with E-state index in [1.807, 2.05) is 0 Å². The predicted molar refractivity (Wildman–Crippen MR) is 135 cm³/mol. The molecule has 4 aromatic rings. The molecule has 8 nitrogen and oxygen atoms in total. The maximum absolute atomic E-state index is 13.4. The van der Waals surface area contributed by atoms with E-state index >= 15 is 0 Å². The third-order valence-electron chi connectivity index (χ3n) is 5.41. The van der Waals surface area contributed by atoms with Crippen LogP contribution in [0.25, 0.3) is 0 Å². The first-order valence-corrected chi connectivity index (χ1v) is 13.0. The first-order valence-electron chi connectivity index (χ1n) is 10.6. The molecule has 0 spiro atoms. The third-order valence-corrected chi connectivity index (χ3v) is 8.08. The van der Waals surface area contributed by atoms with Crippen LogP contribution in [-0.4, -0.2) is 20.1 Å². The molecule has 0 saturated carbocycles. The Morgan fingerprint density at radius 2 is 1.75 bits per heavy atom. The van der Waals surface area contributed by atoms with Crippen LogP contribution in [0.4, 0.5) is 21.5 Å². The fourth-order valence-electron chi connectivity index (χ4n) is 3.61. The average Bonchev–Trinajstić information content (AvgIpc) is 3.57. The zero-order valence-corrected chi connectivity index (χ0v) is 20.1. The van der Waals surface area contributed by atoms with E-state index in [0.29, 0.717) is 27.5 Å². The number of carbonyl (C=O) groups is 2. The van der Waals surface area contributed by atoms with Crippen molar-refractivity contribution in [2.24, 2.45) is 0 Å². The van der Waals surface area contributed by atoms with Gasteiger partial charge in [0.25, 0.3) is 15.9 Å². The van der Waals surface area contributed by atoms with Crippen molar-refractivity contribution in [3.63, 3.8) is 0 Å². The Morgan fingerprint density at radius 3 is 2.44 bits per heavy atom. The van der Waals surface area contributed by atoms with E-state index < -0.39 is 32.4 Å². The van der Waals surface area contributed by atoms with Crippen LogP contribution in [0.1, 0.15) is 25.8 Å². The van der Waals surface area contributed by atoms with E-state index in [1.54, 1.807) is 41.8 Å². The van der Waals surface area contributed by atoms with Crippen LogP contribution < -0.4 is 14.9 Å². The summed E-state index contributed by atoms with van der Waals surface area (Å²) in [5.41, 5.74) is 1.88. The largest absolute Gasteiger partial charge is 0.459 e. The highest BCUT2D eigenvalue weighted by Gasteiger charge is 2.41. The number of Topliss-reactive ketones (excluding diaryl/α,β-unsaturated/α-hetero) is 1. The maximum atomic E-state index is 13.4. The molecule has 1 aliphatic rings. The normalized spacial score (nSPS) is 15.5. The number of sulfonamides is 1. The Hall–Kier alpha value is -4.22. The number of anilines is 3. The standard InChI is InChI=1S/C25H18FN3O5S2/c26-17-5-3-16(4-6-17)15-29-20-11-13-35-24(20)23(30)22(36(29,32)33)14-27-18-7-9-19(10-8-18)28-25(31)21-2-1-12-34-21/h1-14,27H,15H2,(H,28,31)/b22-14-. The van der Waals surface area contributed by atoms with Gasteiger partial charge in [-0.05, 0) is 65.5 Å². The molecular formula is C25H18FN3O5S2. The number of halogens is 1. The van der Waals surface area contributed by atoms with Crippen LogP contribution in [0.3, 0.4) is 0 Å². The molecule has 1 amide bonds. The minimum Gasteiger partial charge on any atom is -0.459 e.